The van der Waals surface area contributed by atoms with Crippen LogP contribution in [0.15, 0.2) is 45.7 Å². The fourth-order valence-corrected chi connectivity index (χ4v) is 2.50. The van der Waals surface area contributed by atoms with Gasteiger partial charge in [-0.1, -0.05) is 13.8 Å². The summed E-state index contributed by atoms with van der Waals surface area (Å²) in [5, 5.41) is 3.56. The summed E-state index contributed by atoms with van der Waals surface area (Å²) < 4.78 is 6.49. The van der Waals surface area contributed by atoms with Crippen LogP contribution in [-0.2, 0) is 0 Å². The first-order chi connectivity index (χ1) is 9.22. The van der Waals surface area contributed by atoms with Gasteiger partial charge in [-0.05, 0) is 58.7 Å². The van der Waals surface area contributed by atoms with Crippen LogP contribution in [0.5, 0.6) is 0 Å². The zero-order valence-electron chi connectivity index (χ0n) is 11.3. The third-order valence-electron chi connectivity index (χ3n) is 3.25. The van der Waals surface area contributed by atoms with E-state index in [2.05, 4.69) is 52.2 Å². The van der Waals surface area contributed by atoms with Crippen molar-refractivity contribution in [2.24, 2.45) is 0 Å². The number of nitrogens with zero attached hydrogens (tertiary/aromatic N) is 1. The maximum absolute atomic E-state index is 5.72. The van der Waals surface area contributed by atoms with Crippen LogP contribution in [0, 0.1) is 0 Å². The molecular formula is C15H19BrN2O. The van der Waals surface area contributed by atoms with Crippen molar-refractivity contribution in [3.05, 3.63) is 52.7 Å². The van der Waals surface area contributed by atoms with Crippen molar-refractivity contribution in [3.63, 3.8) is 0 Å². The van der Waals surface area contributed by atoms with Gasteiger partial charge in [0.25, 0.3) is 0 Å². The van der Waals surface area contributed by atoms with E-state index >= 15 is 0 Å². The Morgan fingerprint density at radius 2 is 2.00 bits per heavy atom. The van der Waals surface area contributed by atoms with Gasteiger partial charge >= 0.3 is 0 Å². The lowest BCUT2D eigenvalue weighted by molar-refractivity contribution is 0.368. The standard InChI is InChI=1S/C15H19BrN2O/c1-3-8-18-15(13-4-5-14(16)19-13)11(2)12-6-9-17-10-7-12/h4-7,9-11,15,18H,3,8H2,1-2H3. The molecule has 0 saturated carbocycles. The van der Waals surface area contributed by atoms with E-state index in [0.717, 1.165) is 23.4 Å². The first-order valence-electron chi connectivity index (χ1n) is 6.61. The second kappa shape index (κ2) is 6.87. The molecule has 2 rings (SSSR count). The minimum absolute atomic E-state index is 0.175. The molecule has 2 heterocycles. The molecule has 0 saturated heterocycles. The van der Waals surface area contributed by atoms with E-state index in [1.54, 1.807) is 0 Å². The van der Waals surface area contributed by atoms with E-state index in [9.17, 15) is 0 Å². The minimum Gasteiger partial charge on any atom is -0.453 e. The molecule has 0 aromatic carbocycles. The summed E-state index contributed by atoms with van der Waals surface area (Å²) >= 11 is 3.37. The molecule has 2 aromatic heterocycles. The highest BCUT2D eigenvalue weighted by Crippen LogP contribution is 2.32. The zero-order valence-corrected chi connectivity index (χ0v) is 12.9. The molecule has 0 radical (unpaired) electrons. The highest BCUT2D eigenvalue weighted by molar-refractivity contribution is 9.10. The van der Waals surface area contributed by atoms with Gasteiger partial charge in [0.15, 0.2) is 4.67 Å². The van der Waals surface area contributed by atoms with Gasteiger partial charge in [0, 0.05) is 18.3 Å². The molecule has 0 spiro atoms. The monoisotopic (exact) mass is 322 g/mol. The average molecular weight is 323 g/mol. The molecule has 0 amide bonds. The Morgan fingerprint density at radius 3 is 2.58 bits per heavy atom. The quantitative estimate of drug-likeness (QED) is 0.862. The normalized spacial score (nSPS) is 14.3. The number of nitrogens with one attached hydrogen (secondary N) is 1. The molecule has 0 fully saturated rings. The lowest BCUT2D eigenvalue weighted by Crippen LogP contribution is -2.26. The van der Waals surface area contributed by atoms with Crippen molar-refractivity contribution in [1.82, 2.24) is 10.3 Å². The largest absolute Gasteiger partial charge is 0.453 e. The number of aromatic nitrogens is 1. The van der Waals surface area contributed by atoms with E-state index in [1.807, 2.05) is 24.5 Å². The lowest BCUT2D eigenvalue weighted by atomic mass is 9.92. The SMILES string of the molecule is CCCNC(c1ccc(Br)o1)C(C)c1ccncc1. The van der Waals surface area contributed by atoms with Crippen molar-refractivity contribution in [2.75, 3.05) is 6.54 Å². The number of hydrogen-bond donors (Lipinski definition) is 1. The predicted molar refractivity (Wildman–Crippen MR) is 80.1 cm³/mol. The van der Waals surface area contributed by atoms with Crippen molar-refractivity contribution in [2.45, 2.75) is 32.2 Å². The molecular weight excluding hydrogens is 304 g/mol. The van der Waals surface area contributed by atoms with Crippen LogP contribution in [-0.4, -0.2) is 11.5 Å². The van der Waals surface area contributed by atoms with E-state index in [4.69, 9.17) is 4.42 Å². The maximum Gasteiger partial charge on any atom is 0.169 e. The van der Waals surface area contributed by atoms with E-state index in [-0.39, 0.29) is 6.04 Å². The van der Waals surface area contributed by atoms with Gasteiger partial charge in [0.2, 0.25) is 0 Å². The van der Waals surface area contributed by atoms with Gasteiger partial charge < -0.3 is 9.73 Å². The van der Waals surface area contributed by atoms with Crippen LogP contribution in [0.1, 0.15) is 43.6 Å². The predicted octanol–water partition coefficient (Wildman–Crippen LogP) is 4.28. The van der Waals surface area contributed by atoms with E-state index in [0.29, 0.717) is 5.92 Å². The molecule has 0 aliphatic carbocycles. The van der Waals surface area contributed by atoms with Gasteiger partial charge in [0.1, 0.15) is 5.76 Å². The first kappa shape index (κ1) is 14.3. The topological polar surface area (TPSA) is 38.1 Å². The van der Waals surface area contributed by atoms with Crippen LogP contribution < -0.4 is 5.32 Å². The number of hydrogen-bond acceptors (Lipinski definition) is 3. The molecule has 3 nitrogen and oxygen atoms in total. The molecule has 102 valence electrons. The summed E-state index contributed by atoms with van der Waals surface area (Å²) in [5.74, 6) is 1.29. The van der Waals surface area contributed by atoms with Crippen LogP contribution in [0.25, 0.3) is 0 Å². The summed E-state index contributed by atoms with van der Waals surface area (Å²) in [7, 11) is 0. The highest BCUT2D eigenvalue weighted by Gasteiger charge is 2.23. The molecule has 2 unspecified atom stereocenters. The summed E-state index contributed by atoms with van der Waals surface area (Å²) in [5.41, 5.74) is 1.26. The molecule has 2 atom stereocenters. The highest BCUT2D eigenvalue weighted by atomic mass is 79.9. The smallest absolute Gasteiger partial charge is 0.169 e. The number of halogens is 1. The number of rotatable bonds is 6. The van der Waals surface area contributed by atoms with Crippen LogP contribution in [0.3, 0.4) is 0 Å². The van der Waals surface area contributed by atoms with Gasteiger partial charge in [-0.2, -0.15) is 0 Å². The van der Waals surface area contributed by atoms with Gasteiger partial charge in [-0.15, -0.1) is 0 Å². The minimum atomic E-state index is 0.175. The Labute approximate surface area is 122 Å². The second-order valence-electron chi connectivity index (χ2n) is 4.64. The average Bonchev–Trinajstić information content (AvgIpc) is 2.86. The fourth-order valence-electron chi connectivity index (χ4n) is 2.18. The molecule has 0 aliphatic rings. The molecule has 1 N–H and O–H groups in total. The van der Waals surface area contributed by atoms with Crippen molar-refractivity contribution in [1.29, 1.82) is 0 Å². The van der Waals surface area contributed by atoms with Crippen molar-refractivity contribution >= 4 is 15.9 Å². The van der Waals surface area contributed by atoms with Crippen LogP contribution >= 0.6 is 15.9 Å². The van der Waals surface area contributed by atoms with E-state index < -0.39 is 0 Å². The van der Waals surface area contributed by atoms with E-state index in [1.165, 1.54) is 5.56 Å². The Balaban J connectivity index is 2.22. The Kier molecular flexibility index (Phi) is 5.16. The van der Waals surface area contributed by atoms with Crippen molar-refractivity contribution < 1.29 is 4.42 Å². The zero-order chi connectivity index (χ0) is 13.7. The second-order valence-corrected chi connectivity index (χ2v) is 5.42. The van der Waals surface area contributed by atoms with Gasteiger partial charge in [-0.3, -0.25) is 4.98 Å². The Morgan fingerprint density at radius 1 is 1.26 bits per heavy atom. The third kappa shape index (κ3) is 3.67. The lowest BCUT2D eigenvalue weighted by Gasteiger charge is -2.23. The molecule has 19 heavy (non-hydrogen) atoms. The van der Waals surface area contributed by atoms with Crippen molar-refractivity contribution in [3.8, 4) is 0 Å². The van der Waals surface area contributed by atoms with Gasteiger partial charge in [0.05, 0.1) is 6.04 Å². The molecule has 2 aromatic rings. The number of furan rings is 1. The number of pyridine rings is 1. The van der Waals surface area contributed by atoms with Gasteiger partial charge in [-0.25, -0.2) is 0 Å². The summed E-state index contributed by atoms with van der Waals surface area (Å²) in [6.45, 7) is 5.34. The molecule has 0 aliphatic heterocycles. The maximum atomic E-state index is 5.72. The summed E-state index contributed by atoms with van der Waals surface area (Å²) in [4.78, 5) is 4.07. The molecule has 4 heteroatoms. The Bertz CT molecular complexity index is 498. The summed E-state index contributed by atoms with van der Waals surface area (Å²) in [6, 6.07) is 8.25. The van der Waals surface area contributed by atoms with Crippen LogP contribution in [0.4, 0.5) is 0 Å². The molecule has 0 bridgehead atoms. The first-order valence-corrected chi connectivity index (χ1v) is 7.40. The van der Waals surface area contributed by atoms with Crippen LogP contribution in [0.2, 0.25) is 0 Å². The third-order valence-corrected chi connectivity index (χ3v) is 3.67. The Hall–Kier alpha value is -1.13. The fraction of sp³-hybridized carbons (Fsp3) is 0.400. The summed E-state index contributed by atoms with van der Waals surface area (Å²) in [6.07, 6.45) is 4.77.